The van der Waals surface area contributed by atoms with Crippen LogP contribution in [0.25, 0.3) is 0 Å². The van der Waals surface area contributed by atoms with E-state index >= 15 is 0 Å². The largest absolute Gasteiger partial charge is 0.300 e. The summed E-state index contributed by atoms with van der Waals surface area (Å²) in [6, 6.07) is 0. The first-order valence-electron chi connectivity index (χ1n) is 18.6. The molecule has 0 fully saturated rings. The second kappa shape index (κ2) is 34.8. The Balaban J connectivity index is 3.61. The predicted molar refractivity (Wildman–Crippen MR) is 191 cm³/mol. The van der Waals surface area contributed by atoms with Crippen LogP contribution in [-0.2, 0) is 9.59 Å². The summed E-state index contributed by atoms with van der Waals surface area (Å²) in [7, 11) is 0. The highest BCUT2D eigenvalue weighted by Crippen LogP contribution is 2.18. The SMILES string of the molecule is CCCCCCCCC=CCCCCCCCC(=O)CC(CBr)C(=O)CCCCCCCC=CCCCCCCCC. The van der Waals surface area contributed by atoms with Crippen molar-refractivity contribution in [2.45, 2.75) is 200 Å². The Hall–Kier alpha value is -0.700. The monoisotopic (exact) mass is 650 g/mol. The first-order valence-corrected chi connectivity index (χ1v) is 19.7. The van der Waals surface area contributed by atoms with E-state index in [1.54, 1.807) is 0 Å². The molecule has 2 nitrogen and oxygen atoms in total. The molecule has 0 saturated carbocycles. The zero-order valence-corrected chi connectivity index (χ0v) is 29.9. The van der Waals surface area contributed by atoms with Gasteiger partial charge >= 0.3 is 0 Å². The molecule has 0 aliphatic heterocycles. The van der Waals surface area contributed by atoms with Crippen LogP contribution < -0.4 is 0 Å². The van der Waals surface area contributed by atoms with E-state index in [4.69, 9.17) is 0 Å². The molecule has 0 aromatic carbocycles. The first kappa shape index (κ1) is 41.3. The van der Waals surface area contributed by atoms with Gasteiger partial charge in [-0.25, -0.2) is 0 Å². The van der Waals surface area contributed by atoms with Gasteiger partial charge in [0.2, 0.25) is 0 Å². The van der Waals surface area contributed by atoms with Crippen molar-refractivity contribution in [2.24, 2.45) is 5.92 Å². The van der Waals surface area contributed by atoms with Gasteiger partial charge in [0.15, 0.2) is 0 Å². The maximum absolute atomic E-state index is 12.7. The van der Waals surface area contributed by atoms with E-state index in [-0.39, 0.29) is 17.5 Å². The van der Waals surface area contributed by atoms with Crippen molar-refractivity contribution in [2.75, 3.05) is 5.33 Å². The highest BCUT2D eigenvalue weighted by molar-refractivity contribution is 9.09. The topological polar surface area (TPSA) is 34.1 Å². The maximum atomic E-state index is 12.7. The standard InChI is InChI=1S/C39H71BrO2/c1-3-5-7-9-11-13-15-17-19-21-23-25-27-29-31-33-38(41)35-37(36-40)39(42)34-32-30-28-26-24-22-20-18-16-14-12-10-8-6-4-2/h17-20,37H,3-16,21-36H2,1-2H3. The van der Waals surface area contributed by atoms with Crippen molar-refractivity contribution >= 4 is 27.5 Å². The molecule has 0 rings (SSSR count). The molecule has 1 unspecified atom stereocenters. The summed E-state index contributed by atoms with van der Waals surface area (Å²) in [5.74, 6) is 0.426. The third-order valence-electron chi connectivity index (χ3n) is 8.52. The van der Waals surface area contributed by atoms with Crippen molar-refractivity contribution in [1.82, 2.24) is 0 Å². The van der Waals surface area contributed by atoms with Crippen molar-refractivity contribution in [3.63, 3.8) is 0 Å². The Bertz CT molecular complexity index is 638. The first-order chi connectivity index (χ1) is 20.7. The number of halogens is 1. The molecule has 0 N–H and O–H groups in total. The fourth-order valence-electron chi connectivity index (χ4n) is 5.60. The Labute approximate surface area is 271 Å². The molecule has 0 amide bonds. The molecule has 0 radical (unpaired) electrons. The minimum absolute atomic E-state index is 0.127. The van der Waals surface area contributed by atoms with E-state index < -0.39 is 0 Å². The van der Waals surface area contributed by atoms with Crippen LogP contribution in [0.2, 0.25) is 0 Å². The molecule has 246 valence electrons. The Morgan fingerprint density at radius 2 is 0.810 bits per heavy atom. The van der Waals surface area contributed by atoms with Gasteiger partial charge in [-0.3, -0.25) is 9.59 Å². The van der Waals surface area contributed by atoms with Crippen LogP contribution >= 0.6 is 15.9 Å². The quantitative estimate of drug-likeness (QED) is 0.0394. The maximum Gasteiger partial charge on any atom is 0.137 e. The number of hydrogen-bond donors (Lipinski definition) is 0. The van der Waals surface area contributed by atoms with Gasteiger partial charge in [0.1, 0.15) is 11.6 Å². The lowest BCUT2D eigenvalue weighted by atomic mass is 9.93. The smallest absolute Gasteiger partial charge is 0.137 e. The van der Waals surface area contributed by atoms with Gasteiger partial charge in [0.25, 0.3) is 0 Å². The van der Waals surface area contributed by atoms with E-state index in [2.05, 4.69) is 54.1 Å². The van der Waals surface area contributed by atoms with Crippen molar-refractivity contribution in [1.29, 1.82) is 0 Å². The van der Waals surface area contributed by atoms with E-state index in [1.807, 2.05) is 0 Å². The zero-order valence-electron chi connectivity index (χ0n) is 28.3. The van der Waals surface area contributed by atoms with Gasteiger partial charge in [-0.15, -0.1) is 0 Å². The van der Waals surface area contributed by atoms with Gasteiger partial charge in [0.05, 0.1) is 0 Å². The second-order valence-electron chi connectivity index (χ2n) is 12.7. The molecule has 0 spiro atoms. The average molecular weight is 652 g/mol. The zero-order chi connectivity index (χ0) is 30.8. The molecule has 1 atom stereocenters. The third-order valence-corrected chi connectivity index (χ3v) is 9.30. The van der Waals surface area contributed by atoms with Gasteiger partial charge in [0, 0.05) is 30.5 Å². The van der Waals surface area contributed by atoms with Crippen molar-refractivity contribution < 1.29 is 9.59 Å². The molecular formula is C39H71BrO2. The van der Waals surface area contributed by atoms with Gasteiger partial charge in [-0.05, 0) is 64.2 Å². The van der Waals surface area contributed by atoms with E-state index in [9.17, 15) is 9.59 Å². The summed E-state index contributed by atoms with van der Waals surface area (Å²) >= 11 is 3.50. The highest BCUT2D eigenvalue weighted by Gasteiger charge is 2.20. The summed E-state index contributed by atoms with van der Waals surface area (Å²) in [6.45, 7) is 4.54. The normalized spacial score (nSPS) is 12.5. The summed E-state index contributed by atoms with van der Waals surface area (Å²) in [5, 5.41) is 0.620. The molecular weight excluding hydrogens is 580 g/mol. The minimum atomic E-state index is -0.127. The second-order valence-corrected chi connectivity index (χ2v) is 13.4. The predicted octanol–water partition coefficient (Wildman–Crippen LogP) is 13.6. The number of carbonyl (C=O) groups is 2. The van der Waals surface area contributed by atoms with Gasteiger partial charge in [-0.1, -0.05) is 157 Å². The van der Waals surface area contributed by atoms with Gasteiger partial charge < -0.3 is 0 Å². The van der Waals surface area contributed by atoms with Crippen LogP contribution in [0.15, 0.2) is 24.3 Å². The minimum Gasteiger partial charge on any atom is -0.300 e. The van der Waals surface area contributed by atoms with Crippen LogP contribution in [0, 0.1) is 5.92 Å². The van der Waals surface area contributed by atoms with Crippen molar-refractivity contribution in [3.05, 3.63) is 24.3 Å². The average Bonchev–Trinajstić information content (AvgIpc) is 2.99. The summed E-state index contributed by atoms with van der Waals surface area (Å²) in [4.78, 5) is 25.1. The van der Waals surface area contributed by atoms with Crippen LogP contribution in [0.5, 0.6) is 0 Å². The summed E-state index contributed by atoms with van der Waals surface area (Å²) in [5.41, 5.74) is 0. The van der Waals surface area contributed by atoms with Crippen LogP contribution in [-0.4, -0.2) is 16.9 Å². The lowest BCUT2D eigenvalue weighted by Gasteiger charge is -2.12. The number of allylic oxidation sites excluding steroid dienone is 4. The summed E-state index contributed by atoms with van der Waals surface area (Å²) < 4.78 is 0. The van der Waals surface area contributed by atoms with Crippen LogP contribution in [0.3, 0.4) is 0 Å². The van der Waals surface area contributed by atoms with Crippen LogP contribution in [0.1, 0.15) is 200 Å². The fraction of sp³-hybridized carbons (Fsp3) is 0.846. The Morgan fingerprint density at radius 3 is 1.19 bits per heavy atom. The van der Waals surface area contributed by atoms with E-state index in [0.717, 1.165) is 25.7 Å². The molecule has 0 aromatic heterocycles. The number of Topliss-reactive ketones (excluding diaryl/α,β-unsaturated/α-hetero) is 2. The Morgan fingerprint density at radius 1 is 0.476 bits per heavy atom. The highest BCUT2D eigenvalue weighted by atomic mass is 79.9. The molecule has 0 heterocycles. The molecule has 0 aliphatic carbocycles. The fourth-order valence-corrected chi connectivity index (χ4v) is 6.19. The number of unbranched alkanes of at least 4 members (excludes halogenated alkanes) is 22. The van der Waals surface area contributed by atoms with Crippen molar-refractivity contribution in [3.8, 4) is 0 Å². The third kappa shape index (κ3) is 30.7. The molecule has 0 aromatic rings. The number of alkyl halides is 1. The lowest BCUT2D eigenvalue weighted by molar-refractivity contribution is -0.127. The number of hydrogen-bond acceptors (Lipinski definition) is 2. The number of ketones is 2. The number of rotatable bonds is 34. The van der Waals surface area contributed by atoms with E-state index in [1.165, 1.54) is 141 Å². The molecule has 0 bridgehead atoms. The molecule has 42 heavy (non-hydrogen) atoms. The van der Waals surface area contributed by atoms with Gasteiger partial charge in [-0.2, -0.15) is 0 Å². The van der Waals surface area contributed by atoms with E-state index in [0.29, 0.717) is 24.6 Å². The molecule has 3 heteroatoms. The Kier molecular flexibility index (Phi) is 34.2. The van der Waals surface area contributed by atoms with Crippen LogP contribution in [0.4, 0.5) is 0 Å². The number of carbonyl (C=O) groups excluding carboxylic acids is 2. The molecule has 0 aliphatic rings. The lowest BCUT2D eigenvalue weighted by Crippen LogP contribution is -2.19. The molecule has 0 saturated heterocycles. The summed E-state index contributed by atoms with van der Waals surface area (Å²) in [6.07, 6.45) is 44.2.